The van der Waals surface area contributed by atoms with Crippen molar-refractivity contribution in [1.29, 1.82) is 0 Å². The predicted octanol–water partition coefficient (Wildman–Crippen LogP) is 3.05. The van der Waals surface area contributed by atoms with E-state index in [1.807, 2.05) is 0 Å². The lowest BCUT2D eigenvalue weighted by Gasteiger charge is -2.37. The van der Waals surface area contributed by atoms with E-state index in [1.54, 1.807) is 4.90 Å². The van der Waals surface area contributed by atoms with Gasteiger partial charge in [0.05, 0.1) is 13.1 Å². The highest BCUT2D eigenvalue weighted by atomic mass is 28.4. The Morgan fingerprint density at radius 2 is 2.05 bits per heavy atom. The van der Waals surface area contributed by atoms with Crippen LogP contribution in [0.1, 0.15) is 34.6 Å². The van der Waals surface area contributed by atoms with Crippen molar-refractivity contribution in [3.63, 3.8) is 0 Å². The lowest BCUT2D eigenvalue weighted by Crippen LogP contribution is -2.50. The molecule has 1 heterocycles. The van der Waals surface area contributed by atoms with Gasteiger partial charge in [-0.1, -0.05) is 34.6 Å². The summed E-state index contributed by atoms with van der Waals surface area (Å²) in [6.45, 7) is 16.9. The molecule has 0 fully saturated rings. The number of carbonyl (C=O) groups is 1. The second kappa shape index (κ2) is 6.16. The Kier molecular flexibility index (Phi) is 5.24. The molecular weight excluding hydrogens is 270 g/mol. The van der Waals surface area contributed by atoms with Gasteiger partial charge in [-0.05, 0) is 24.1 Å². The lowest BCUT2D eigenvalue weighted by molar-refractivity contribution is 0.216. The average molecular weight is 299 g/mol. The highest BCUT2D eigenvalue weighted by molar-refractivity contribution is 6.75. The van der Waals surface area contributed by atoms with Gasteiger partial charge in [0.1, 0.15) is 0 Å². The number of amidine groups is 1. The molecule has 1 N–H and O–H groups in total. The van der Waals surface area contributed by atoms with Gasteiger partial charge in [-0.2, -0.15) is 0 Å². The molecule has 1 rings (SSSR count). The molecule has 0 aromatic rings. The summed E-state index contributed by atoms with van der Waals surface area (Å²) >= 11 is 0. The van der Waals surface area contributed by atoms with Crippen molar-refractivity contribution >= 4 is 20.4 Å². The molecule has 0 aromatic carbocycles. The maximum atomic E-state index is 12.2. The molecule has 0 radical (unpaired) electrons. The maximum absolute atomic E-state index is 12.2. The van der Waals surface area contributed by atoms with Crippen LogP contribution < -0.4 is 5.32 Å². The molecule has 0 spiro atoms. The molecule has 5 nitrogen and oxygen atoms in total. The van der Waals surface area contributed by atoms with Gasteiger partial charge in [0.2, 0.25) is 0 Å². The standard InChI is InChI=1S/C14H29N3O2Si/c1-11(2)10-16-12(18)17-9-8-15-13(17)19-20(6,7)14(3,4)5/h11H,8-10H2,1-7H3,(H,16,18). The summed E-state index contributed by atoms with van der Waals surface area (Å²) in [6, 6.07) is 0.395. The van der Waals surface area contributed by atoms with Crippen LogP contribution in [-0.2, 0) is 4.43 Å². The van der Waals surface area contributed by atoms with Crippen LogP contribution in [0.4, 0.5) is 4.79 Å². The lowest BCUT2D eigenvalue weighted by atomic mass is 10.2. The molecule has 116 valence electrons. The largest absolute Gasteiger partial charge is 0.518 e. The van der Waals surface area contributed by atoms with E-state index < -0.39 is 8.32 Å². The molecule has 0 aliphatic carbocycles. The van der Waals surface area contributed by atoms with Crippen LogP contribution in [0.25, 0.3) is 0 Å². The molecule has 0 saturated carbocycles. The molecule has 1 aliphatic rings. The topological polar surface area (TPSA) is 53.9 Å². The highest BCUT2D eigenvalue weighted by Gasteiger charge is 2.42. The second-order valence-electron chi connectivity index (χ2n) is 7.26. The SMILES string of the molecule is CC(C)CNC(=O)N1CCN=C1O[Si](C)(C)C(C)(C)C. The van der Waals surface area contributed by atoms with Crippen LogP contribution in [0.2, 0.25) is 18.1 Å². The van der Waals surface area contributed by atoms with Crippen molar-refractivity contribution in [3.05, 3.63) is 0 Å². The molecule has 1 aliphatic heterocycles. The smallest absolute Gasteiger partial charge is 0.325 e. The summed E-state index contributed by atoms with van der Waals surface area (Å²) in [5.74, 6) is 0.434. The Hall–Kier alpha value is -1.04. The molecule has 6 heteroatoms. The number of nitrogens with one attached hydrogen (secondary N) is 1. The zero-order valence-electron chi connectivity index (χ0n) is 13.9. The fourth-order valence-corrected chi connectivity index (χ4v) is 2.41. The minimum absolute atomic E-state index is 0.0954. The first-order chi connectivity index (χ1) is 9.04. The van der Waals surface area contributed by atoms with Crippen molar-refractivity contribution in [2.75, 3.05) is 19.6 Å². The molecule has 0 atom stereocenters. The van der Waals surface area contributed by atoms with Crippen LogP contribution in [0.3, 0.4) is 0 Å². The number of carbonyl (C=O) groups excluding carboxylic acids is 1. The van der Waals surface area contributed by atoms with Gasteiger partial charge in [-0.15, -0.1) is 0 Å². The van der Waals surface area contributed by atoms with Crippen molar-refractivity contribution < 1.29 is 9.22 Å². The fourth-order valence-electron chi connectivity index (χ4n) is 1.47. The van der Waals surface area contributed by atoms with Gasteiger partial charge in [-0.3, -0.25) is 0 Å². The first-order valence-corrected chi connectivity index (χ1v) is 10.2. The third-order valence-corrected chi connectivity index (χ3v) is 8.17. The van der Waals surface area contributed by atoms with Gasteiger partial charge in [0.25, 0.3) is 14.3 Å². The zero-order chi connectivity index (χ0) is 15.6. The van der Waals surface area contributed by atoms with Crippen LogP contribution >= 0.6 is 0 Å². The van der Waals surface area contributed by atoms with Crippen LogP contribution in [-0.4, -0.2) is 44.9 Å². The monoisotopic (exact) mass is 299 g/mol. The third kappa shape index (κ3) is 4.23. The third-order valence-electron chi connectivity index (χ3n) is 3.86. The normalized spacial score (nSPS) is 16.4. The zero-order valence-corrected chi connectivity index (χ0v) is 14.9. The summed E-state index contributed by atoms with van der Waals surface area (Å²) in [7, 11) is -1.95. The van der Waals surface area contributed by atoms with E-state index in [0.717, 1.165) is 0 Å². The van der Waals surface area contributed by atoms with Gasteiger partial charge < -0.3 is 9.74 Å². The Balaban J connectivity index is 2.69. The van der Waals surface area contributed by atoms with Crippen LogP contribution in [0.15, 0.2) is 4.99 Å². The number of hydrogen-bond acceptors (Lipinski definition) is 3. The van der Waals surface area contributed by atoms with E-state index in [-0.39, 0.29) is 11.1 Å². The van der Waals surface area contributed by atoms with Gasteiger partial charge in [0, 0.05) is 6.54 Å². The number of urea groups is 1. The van der Waals surface area contributed by atoms with Crippen molar-refractivity contribution in [2.24, 2.45) is 10.9 Å². The van der Waals surface area contributed by atoms with E-state index >= 15 is 0 Å². The van der Waals surface area contributed by atoms with Crippen molar-refractivity contribution in [2.45, 2.75) is 52.8 Å². The van der Waals surface area contributed by atoms with E-state index in [2.05, 4.69) is 58.0 Å². The molecule has 20 heavy (non-hydrogen) atoms. The van der Waals surface area contributed by atoms with E-state index in [1.165, 1.54) is 0 Å². The Morgan fingerprint density at radius 1 is 1.45 bits per heavy atom. The van der Waals surface area contributed by atoms with Crippen LogP contribution in [0, 0.1) is 5.92 Å². The first-order valence-electron chi connectivity index (χ1n) is 7.33. The molecule has 0 unspecified atom stereocenters. The molecular formula is C14H29N3O2Si. The summed E-state index contributed by atoms with van der Waals surface area (Å²) in [4.78, 5) is 18.2. The predicted molar refractivity (Wildman–Crippen MR) is 85.5 cm³/mol. The minimum atomic E-state index is -1.95. The second-order valence-corrected chi connectivity index (χ2v) is 12.0. The summed E-state index contributed by atoms with van der Waals surface area (Å²) < 4.78 is 6.16. The maximum Gasteiger partial charge on any atom is 0.325 e. The van der Waals surface area contributed by atoms with E-state index in [0.29, 0.717) is 31.6 Å². The van der Waals surface area contributed by atoms with Crippen molar-refractivity contribution in [1.82, 2.24) is 10.2 Å². The fraction of sp³-hybridized carbons (Fsp3) is 0.857. The van der Waals surface area contributed by atoms with E-state index in [9.17, 15) is 4.79 Å². The minimum Gasteiger partial charge on any atom is -0.518 e. The number of nitrogens with zero attached hydrogens (tertiary/aromatic N) is 2. The Labute approximate surface area is 123 Å². The first kappa shape index (κ1) is 17.0. The average Bonchev–Trinajstić information content (AvgIpc) is 2.71. The van der Waals surface area contributed by atoms with E-state index in [4.69, 9.17) is 4.43 Å². The van der Waals surface area contributed by atoms with Crippen LogP contribution in [0.5, 0.6) is 0 Å². The van der Waals surface area contributed by atoms with Gasteiger partial charge in [0.15, 0.2) is 0 Å². The quantitative estimate of drug-likeness (QED) is 0.814. The number of hydrogen-bond donors (Lipinski definition) is 1. The number of aliphatic imine (C=N–C) groups is 1. The van der Waals surface area contributed by atoms with Gasteiger partial charge >= 0.3 is 6.03 Å². The number of rotatable bonds is 3. The molecule has 2 amide bonds. The molecule has 0 bridgehead atoms. The Bertz CT molecular complexity index is 386. The molecule has 0 aromatic heterocycles. The summed E-state index contributed by atoms with van der Waals surface area (Å²) in [6.07, 6.45) is 0. The van der Waals surface area contributed by atoms with Crippen molar-refractivity contribution in [3.8, 4) is 0 Å². The van der Waals surface area contributed by atoms with Gasteiger partial charge in [-0.25, -0.2) is 14.7 Å². The highest BCUT2D eigenvalue weighted by Crippen LogP contribution is 2.37. The number of amides is 2. The Morgan fingerprint density at radius 3 is 2.55 bits per heavy atom. The summed E-state index contributed by atoms with van der Waals surface area (Å²) in [5, 5.41) is 3.02. The summed E-state index contributed by atoms with van der Waals surface area (Å²) in [5.41, 5.74) is 0. The molecule has 0 saturated heterocycles.